The summed E-state index contributed by atoms with van der Waals surface area (Å²) in [5.41, 5.74) is 7.09. The van der Waals surface area contributed by atoms with E-state index in [1.807, 2.05) is 11.8 Å². The van der Waals surface area contributed by atoms with Crippen molar-refractivity contribution in [2.45, 2.75) is 47.1 Å². The summed E-state index contributed by atoms with van der Waals surface area (Å²) in [5.74, 6) is 0.652. The highest BCUT2D eigenvalue weighted by molar-refractivity contribution is 5.97. The molecule has 5 heteroatoms. The van der Waals surface area contributed by atoms with E-state index in [-0.39, 0.29) is 5.91 Å². The highest BCUT2D eigenvalue weighted by Crippen LogP contribution is 2.34. The largest absolute Gasteiger partial charge is 0.396 e. The van der Waals surface area contributed by atoms with Crippen molar-refractivity contribution in [3.8, 4) is 0 Å². The van der Waals surface area contributed by atoms with Gasteiger partial charge < -0.3 is 10.6 Å². The lowest BCUT2D eigenvalue weighted by molar-refractivity contribution is 0.0603. The van der Waals surface area contributed by atoms with Crippen LogP contribution in [0.1, 0.15) is 51.0 Å². The second kappa shape index (κ2) is 5.46. The Labute approximate surface area is 121 Å². The minimum atomic E-state index is -0.0259. The SMILES string of the molecule is CCn1cc(N)c(C(=O)N2CCC(C(C)(C)C)CC2)n1. The maximum Gasteiger partial charge on any atom is 0.276 e. The Balaban J connectivity index is 2.03. The van der Waals surface area contributed by atoms with Gasteiger partial charge in [-0.05, 0) is 31.1 Å². The Kier molecular flexibility index (Phi) is 4.06. The second-order valence-corrected chi connectivity index (χ2v) is 6.72. The molecule has 0 bridgehead atoms. The van der Waals surface area contributed by atoms with E-state index >= 15 is 0 Å². The van der Waals surface area contributed by atoms with Gasteiger partial charge in [0.15, 0.2) is 5.69 Å². The third-order valence-corrected chi connectivity index (χ3v) is 4.32. The lowest BCUT2D eigenvalue weighted by Gasteiger charge is -2.38. The maximum absolute atomic E-state index is 12.5. The molecule has 0 atom stereocenters. The third kappa shape index (κ3) is 2.97. The van der Waals surface area contributed by atoms with Crippen LogP contribution in [0.3, 0.4) is 0 Å². The van der Waals surface area contributed by atoms with Gasteiger partial charge in [0.1, 0.15) is 0 Å². The number of aryl methyl sites for hydroxylation is 1. The summed E-state index contributed by atoms with van der Waals surface area (Å²) in [6.07, 6.45) is 3.85. The molecule has 0 radical (unpaired) electrons. The van der Waals surface area contributed by atoms with Crippen molar-refractivity contribution < 1.29 is 4.79 Å². The molecule has 1 aromatic heterocycles. The summed E-state index contributed by atoms with van der Waals surface area (Å²) in [6.45, 7) is 11.1. The van der Waals surface area contributed by atoms with Crippen LogP contribution in [0.5, 0.6) is 0 Å². The number of hydrogen-bond acceptors (Lipinski definition) is 3. The van der Waals surface area contributed by atoms with E-state index in [0.29, 0.717) is 22.7 Å². The first-order chi connectivity index (χ1) is 9.32. The number of nitrogens with two attached hydrogens (primary N) is 1. The molecule has 1 aromatic rings. The Bertz CT molecular complexity index is 479. The number of piperidine rings is 1. The molecular formula is C15H26N4O. The van der Waals surface area contributed by atoms with Crippen LogP contribution in [-0.2, 0) is 6.54 Å². The number of anilines is 1. The van der Waals surface area contributed by atoms with E-state index in [1.165, 1.54) is 0 Å². The zero-order chi connectivity index (χ0) is 14.9. The third-order valence-electron chi connectivity index (χ3n) is 4.32. The first-order valence-corrected chi connectivity index (χ1v) is 7.45. The number of carbonyl (C=O) groups is 1. The van der Waals surface area contributed by atoms with Crippen LogP contribution < -0.4 is 5.73 Å². The molecule has 0 aromatic carbocycles. The second-order valence-electron chi connectivity index (χ2n) is 6.72. The van der Waals surface area contributed by atoms with Crippen molar-refractivity contribution >= 4 is 11.6 Å². The lowest BCUT2D eigenvalue weighted by Crippen LogP contribution is -2.41. The monoisotopic (exact) mass is 278 g/mol. The minimum Gasteiger partial charge on any atom is -0.396 e. The van der Waals surface area contributed by atoms with Crippen LogP contribution in [0.2, 0.25) is 0 Å². The molecule has 1 aliphatic heterocycles. The molecular weight excluding hydrogens is 252 g/mol. The van der Waals surface area contributed by atoms with Gasteiger partial charge in [0.2, 0.25) is 0 Å². The van der Waals surface area contributed by atoms with Gasteiger partial charge in [0, 0.05) is 25.8 Å². The highest BCUT2D eigenvalue weighted by atomic mass is 16.2. The van der Waals surface area contributed by atoms with Crippen molar-refractivity contribution in [3.63, 3.8) is 0 Å². The van der Waals surface area contributed by atoms with Gasteiger partial charge >= 0.3 is 0 Å². The molecule has 2 N–H and O–H groups in total. The van der Waals surface area contributed by atoms with Crippen molar-refractivity contribution in [2.75, 3.05) is 18.8 Å². The molecule has 20 heavy (non-hydrogen) atoms. The molecule has 1 amide bonds. The average molecular weight is 278 g/mol. The Hall–Kier alpha value is -1.52. The van der Waals surface area contributed by atoms with E-state index in [1.54, 1.807) is 10.9 Å². The lowest BCUT2D eigenvalue weighted by atomic mass is 9.75. The van der Waals surface area contributed by atoms with E-state index in [9.17, 15) is 4.79 Å². The smallest absolute Gasteiger partial charge is 0.276 e. The first kappa shape index (κ1) is 14.9. The fourth-order valence-corrected chi connectivity index (χ4v) is 2.86. The summed E-state index contributed by atoms with van der Waals surface area (Å²) >= 11 is 0. The number of likely N-dealkylation sites (tertiary alicyclic amines) is 1. The van der Waals surface area contributed by atoms with Crippen LogP contribution in [0, 0.1) is 11.3 Å². The van der Waals surface area contributed by atoms with Crippen molar-refractivity contribution in [1.82, 2.24) is 14.7 Å². The predicted octanol–water partition coefficient (Wildman–Crippen LogP) is 2.38. The number of nitrogens with zero attached hydrogens (tertiary/aromatic N) is 3. The maximum atomic E-state index is 12.5. The summed E-state index contributed by atoms with van der Waals surface area (Å²) in [6, 6.07) is 0. The van der Waals surface area contributed by atoms with E-state index in [2.05, 4.69) is 25.9 Å². The zero-order valence-corrected chi connectivity index (χ0v) is 13.0. The van der Waals surface area contributed by atoms with E-state index in [4.69, 9.17) is 5.73 Å². The average Bonchev–Trinajstić information content (AvgIpc) is 2.78. The molecule has 0 spiro atoms. The van der Waals surface area contributed by atoms with Crippen LogP contribution in [0.4, 0.5) is 5.69 Å². The molecule has 2 heterocycles. The number of rotatable bonds is 2. The van der Waals surface area contributed by atoms with Crippen molar-refractivity contribution in [3.05, 3.63) is 11.9 Å². The summed E-state index contributed by atoms with van der Waals surface area (Å²) in [4.78, 5) is 14.4. The van der Waals surface area contributed by atoms with Gasteiger partial charge in [0.25, 0.3) is 5.91 Å². The predicted molar refractivity (Wildman–Crippen MR) is 80.4 cm³/mol. The number of hydrogen-bond donors (Lipinski definition) is 1. The standard InChI is InChI=1S/C15H26N4O/c1-5-19-10-12(16)13(17-19)14(20)18-8-6-11(7-9-18)15(2,3)4/h10-11H,5-9,16H2,1-4H3. The van der Waals surface area contributed by atoms with Gasteiger partial charge in [-0.1, -0.05) is 20.8 Å². The molecule has 0 aliphatic carbocycles. The van der Waals surface area contributed by atoms with Gasteiger partial charge in [-0.2, -0.15) is 5.10 Å². The van der Waals surface area contributed by atoms with Crippen LogP contribution in [0.25, 0.3) is 0 Å². The minimum absolute atomic E-state index is 0.0259. The summed E-state index contributed by atoms with van der Waals surface area (Å²) in [5, 5.41) is 4.27. The van der Waals surface area contributed by atoms with E-state index in [0.717, 1.165) is 32.5 Å². The van der Waals surface area contributed by atoms with Crippen molar-refractivity contribution in [1.29, 1.82) is 0 Å². The number of carbonyl (C=O) groups excluding carboxylic acids is 1. The van der Waals surface area contributed by atoms with Crippen LogP contribution in [-0.4, -0.2) is 33.7 Å². The Morgan fingerprint density at radius 2 is 2.00 bits per heavy atom. The molecule has 1 fully saturated rings. The molecule has 2 rings (SSSR count). The summed E-state index contributed by atoms with van der Waals surface area (Å²) < 4.78 is 1.71. The van der Waals surface area contributed by atoms with Gasteiger partial charge in [-0.3, -0.25) is 9.48 Å². The van der Waals surface area contributed by atoms with E-state index < -0.39 is 0 Å². The van der Waals surface area contributed by atoms with Crippen LogP contribution >= 0.6 is 0 Å². The number of nitrogen functional groups attached to an aromatic ring is 1. The first-order valence-electron chi connectivity index (χ1n) is 7.45. The quantitative estimate of drug-likeness (QED) is 0.903. The van der Waals surface area contributed by atoms with Gasteiger partial charge in [-0.15, -0.1) is 0 Å². The topological polar surface area (TPSA) is 64.2 Å². The Morgan fingerprint density at radius 1 is 1.40 bits per heavy atom. The molecule has 1 aliphatic rings. The molecule has 5 nitrogen and oxygen atoms in total. The van der Waals surface area contributed by atoms with Gasteiger partial charge in [-0.25, -0.2) is 0 Å². The number of amides is 1. The summed E-state index contributed by atoms with van der Waals surface area (Å²) in [7, 11) is 0. The van der Waals surface area contributed by atoms with Gasteiger partial charge in [0.05, 0.1) is 5.69 Å². The molecule has 0 saturated carbocycles. The van der Waals surface area contributed by atoms with Crippen LogP contribution in [0.15, 0.2) is 6.20 Å². The molecule has 1 saturated heterocycles. The zero-order valence-electron chi connectivity index (χ0n) is 13.0. The fourth-order valence-electron chi connectivity index (χ4n) is 2.86. The number of aromatic nitrogens is 2. The van der Waals surface area contributed by atoms with Crippen molar-refractivity contribution in [2.24, 2.45) is 11.3 Å². The highest BCUT2D eigenvalue weighted by Gasteiger charge is 2.31. The fraction of sp³-hybridized carbons (Fsp3) is 0.733. The Morgan fingerprint density at radius 3 is 2.45 bits per heavy atom. The normalized spacial score (nSPS) is 17.5. The molecule has 112 valence electrons. The molecule has 0 unspecified atom stereocenters.